The van der Waals surface area contributed by atoms with Crippen molar-refractivity contribution in [2.75, 3.05) is 24.2 Å². The summed E-state index contributed by atoms with van der Waals surface area (Å²) in [5.41, 5.74) is 0.396. The summed E-state index contributed by atoms with van der Waals surface area (Å²) >= 11 is 0. The first kappa shape index (κ1) is 15.8. The Hall–Kier alpha value is -1.63. The van der Waals surface area contributed by atoms with E-state index in [9.17, 15) is 18.5 Å². The van der Waals surface area contributed by atoms with E-state index in [2.05, 4.69) is 0 Å². The summed E-state index contributed by atoms with van der Waals surface area (Å²) in [7, 11) is -3.44. The van der Waals surface area contributed by atoms with Crippen molar-refractivity contribution in [3.63, 3.8) is 0 Å². The molecule has 1 aromatic rings. The molecule has 1 aliphatic rings. The van der Waals surface area contributed by atoms with Gasteiger partial charge in [-0.3, -0.25) is 10.1 Å². The van der Waals surface area contributed by atoms with Gasteiger partial charge in [0.25, 0.3) is 5.69 Å². The largest absolute Gasteiger partial charge is 0.366 e. The summed E-state index contributed by atoms with van der Waals surface area (Å²) in [5.74, 6) is 0. The summed E-state index contributed by atoms with van der Waals surface area (Å²) in [6.07, 6.45) is 6.54. The second kappa shape index (κ2) is 6.43. The van der Waals surface area contributed by atoms with Crippen molar-refractivity contribution in [3.8, 4) is 0 Å². The Bertz CT molecular complexity index is 620. The van der Waals surface area contributed by atoms with Crippen molar-refractivity contribution in [3.05, 3.63) is 28.3 Å². The topological polar surface area (TPSA) is 80.5 Å². The quantitative estimate of drug-likeness (QED) is 0.633. The molecule has 0 unspecified atom stereocenters. The zero-order valence-electron chi connectivity index (χ0n) is 12.1. The fourth-order valence-electron chi connectivity index (χ4n) is 2.64. The molecular weight excluding hydrogens is 292 g/mol. The first-order valence-corrected chi connectivity index (χ1v) is 9.02. The molecule has 0 spiro atoms. The fourth-order valence-corrected chi connectivity index (χ4v) is 3.28. The number of hydrogen-bond acceptors (Lipinski definition) is 5. The third-order valence-corrected chi connectivity index (χ3v) is 4.88. The predicted molar refractivity (Wildman–Crippen MR) is 81.5 cm³/mol. The van der Waals surface area contributed by atoms with Crippen molar-refractivity contribution < 1.29 is 13.3 Å². The second-order valence-electron chi connectivity index (χ2n) is 5.43. The van der Waals surface area contributed by atoms with Gasteiger partial charge >= 0.3 is 0 Å². The number of benzene rings is 1. The van der Waals surface area contributed by atoms with Crippen molar-refractivity contribution in [2.24, 2.45) is 0 Å². The van der Waals surface area contributed by atoms with Crippen molar-refractivity contribution in [1.29, 1.82) is 0 Å². The molecule has 0 radical (unpaired) electrons. The lowest BCUT2D eigenvalue weighted by Gasteiger charge is -2.26. The highest BCUT2D eigenvalue weighted by Crippen LogP contribution is 2.32. The molecule has 1 fully saturated rings. The molecule has 0 bridgehead atoms. The molecule has 116 valence electrons. The Labute approximate surface area is 124 Å². The average Bonchev–Trinajstić information content (AvgIpc) is 2.36. The molecular formula is C14H20N2O4S. The van der Waals surface area contributed by atoms with E-state index >= 15 is 0 Å². The first-order chi connectivity index (χ1) is 9.89. The summed E-state index contributed by atoms with van der Waals surface area (Å²) in [6.45, 7) is 1.55. The van der Waals surface area contributed by atoms with Gasteiger partial charge in [0.05, 0.1) is 9.82 Å². The van der Waals surface area contributed by atoms with E-state index in [1.807, 2.05) is 4.90 Å². The number of rotatable bonds is 3. The Morgan fingerprint density at radius 2 is 1.67 bits per heavy atom. The van der Waals surface area contributed by atoms with Crippen molar-refractivity contribution in [1.82, 2.24) is 0 Å². The third kappa shape index (κ3) is 3.93. The minimum atomic E-state index is -3.44. The van der Waals surface area contributed by atoms with Gasteiger partial charge in [0.15, 0.2) is 9.84 Å². The van der Waals surface area contributed by atoms with Crippen LogP contribution < -0.4 is 4.90 Å². The lowest BCUT2D eigenvalue weighted by Crippen LogP contribution is -2.27. The van der Waals surface area contributed by atoms with Gasteiger partial charge in [0.2, 0.25) is 0 Å². The fraction of sp³-hybridized carbons (Fsp3) is 0.571. The van der Waals surface area contributed by atoms with Gasteiger partial charge in [-0.05, 0) is 25.0 Å². The number of sulfone groups is 1. The minimum Gasteiger partial charge on any atom is -0.366 e. The maximum absolute atomic E-state index is 11.6. The van der Waals surface area contributed by atoms with Crippen LogP contribution in [-0.4, -0.2) is 32.7 Å². The van der Waals surface area contributed by atoms with Gasteiger partial charge in [0, 0.05) is 25.4 Å². The maximum Gasteiger partial charge on any atom is 0.293 e. The number of anilines is 1. The van der Waals surface area contributed by atoms with E-state index in [-0.39, 0.29) is 10.6 Å². The van der Waals surface area contributed by atoms with Crippen LogP contribution in [0.5, 0.6) is 0 Å². The van der Waals surface area contributed by atoms with E-state index in [4.69, 9.17) is 0 Å². The normalized spacial score (nSPS) is 17.1. The molecule has 1 saturated heterocycles. The van der Waals surface area contributed by atoms with E-state index in [1.54, 1.807) is 6.07 Å². The Morgan fingerprint density at radius 3 is 2.19 bits per heavy atom. The van der Waals surface area contributed by atoms with Gasteiger partial charge in [-0.15, -0.1) is 0 Å². The highest BCUT2D eigenvalue weighted by atomic mass is 32.2. The van der Waals surface area contributed by atoms with Gasteiger partial charge in [-0.2, -0.15) is 0 Å². The van der Waals surface area contributed by atoms with Gasteiger partial charge < -0.3 is 4.90 Å². The van der Waals surface area contributed by atoms with Gasteiger partial charge in [-0.25, -0.2) is 8.42 Å². The smallest absolute Gasteiger partial charge is 0.293 e. The standard InChI is InChI=1S/C14H20N2O4S/c1-21(19,20)12-7-8-13(14(11-12)16(17)18)15-9-5-3-2-4-6-10-15/h7-8,11H,2-6,9-10H2,1H3. The Balaban J connectivity index is 2.40. The van der Waals surface area contributed by atoms with Crippen molar-refractivity contribution in [2.45, 2.75) is 37.0 Å². The molecule has 7 heteroatoms. The molecule has 2 rings (SSSR count). The highest BCUT2D eigenvalue weighted by molar-refractivity contribution is 7.90. The molecule has 0 aliphatic carbocycles. The monoisotopic (exact) mass is 312 g/mol. The number of nitro benzene ring substituents is 1. The number of nitro groups is 1. The molecule has 0 amide bonds. The van der Waals surface area contributed by atoms with Crippen LogP contribution in [0.25, 0.3) is 0 Å². The SMILES string of the molecule is CS(=O)(=O)c1ccc(N2CCCCCCC2)c([N+](=O)[O-])c1. The molecule has 0 atom stereocenters. The molecule has 0 N–H and O–H groups in total. The number of nitrogens with zero attached hydrogens (tertiary/aromatic N) is 2. The average molecular weight is 312 g/mol. The number of hydrogen-bond donors (Lipinski definition) is 0. The third-order valence-electron chi connectivity index (χ3n) is 3.77. The van der Waals surface area contributed by atoms with Crippen LogP contribution in [0.2, 0.25) is 0 Å². The summed E-state index contributed by atoms with van der Waals surface area (Å²) in [5, 5.41) is 11.3. The second-order valence-corrected chi connectivity index (χ2v) is 7.45. The lowest BCUT2D eigenvalue weighted by molar-refractivity contribution is -0.384. The van der Waals surface area contributed by atoms with E-state index in [1.165, 1.54) is 18.6 Å². The Morgan fingerprint density at radius 1 is 1.10 bits per heavy atom. The summed E-state index contributed by atoms with van der Waals surface area (Å²) in [6, 6.07) is 4.19. The Kier molecular flexibility index (Phi) is 4.82. The zero-order chi connectivity index (χ0) is 15.5. The van der Waals surface area contributed by atoms with E-state index in [0.29, 0.717) is 5.69 Å². The molecule has 1 heterocycles. The minimum absolute atomic E-state index is 0.00926. The molecule has 6 nitrogen and oxygen atoms in total. The van der Waals surface area contributed by atoms with Gasteiger partial charge in [0.1, 0.15) is 5.69 Å². The first-order valence-electron chi connectivity index (χ1n) is 7.13. The molecule has 21 heavy (non-hydrogen) atoms. The van der Waals surface area contributed by atoms with Crippen LogP contribution >= 0.6 is 0 Å². The van der Waals surface area contributed by atoms with Crippen LogP contribution in [0.1, 0.15) is 32.1 Å². The van der Waals surface area contributed by atoms with Crippen LogP contribution in [0.4, 0.5) is 11.4 Å². The van der Waals surface area contributed by atoms with Crippen LogP contribution in [0.15, 0.2) is 23.1 Å². The molecule has 1 aliphatic heterocycles. The van der Waals surface area contributed by atoms with E-state index < -0.39 is 14.8 Å². The molecule has 0 aromatic heterocycles. The van der Waals surface area contributed by atoms with Gasteiger partial charge in [-0.1, -0.05) is 19.3 Å². The summed E-state index contributed by atoms with van der Waals surface area (Å²) < 4.78 is 23.1. The molecule has 0 saturated carbocycles. The highest BCUT2D eigenvalue weighted by Gasteiger charge is 2.22. The van der Waals surface area contributed by atoms with Crippen molar-refractivity contribution >= 4 is 21.2 Å². The predicted octanol–water partition coefficient (Wildman–Crippen LogP) is 2.77. The van der Waals surface area contributed by atoms with Crippen LogP contribution in [0, 0.1) is 10.1 Å². The molecule has 1 aromatic carbocycles. The van der Waals surface area contributed by atoms with E-state index in [0.717, 1.165) is 45.0 Å². The van der Waals surface area contributed by atoms with Crippen LogP contribution in [-0.2, 0) is 9.84 Å². The van der Waals surface area contributed by atoms with Crippen LogP contribution in [0.3, 0.4) is 0 Å². The zero-order valence-corrected chi connectivity index (χ0v) is 12.9. The maximum atomic E-state index is 11.6. The summed E-state index contributed by atoms with van der Waals surface area (Å²) in [4.78, 5) is 12.8. The lowest BCUT2D eigenvalue weighted by atomic mass is 10.1.